The van der Waals surface area contributed by atoms with Gasteiger partial charge in [-0.3, -0.25) is 9.59 Å². The SMILES string of the molecule is CN(C1CCCCC1)S(=O)(=O)c1ccccc1NC(=O)COC(=O)CC1CCS(=O)(=O)C1. The maximum absolute atomic E-state index is 13.2. The van der Waals surface area contributed by atoms with Gasteiger partial charge in [-0.2, -0.15) is 4.31 Å². The van der Waals surface area contributed by atoms with Crippen LogP contribution in [0.2, 0.25) is 0 Å². The number of amides is 1. The number of carbonyl (C=O) groups is 2. The van der Waals surface area contributed by atoms with Gasteiger partial charge in [-0.15, -0.1) is 0 Å². The van der Waals surface area contributed by atoms with Crippen molar-refractivity contribution in [3.05, 3.63) is 24.3 Å². The second-order valence-corrected chi connectivity index (χ2v) is 12.7. The normalized spacial score (nSPS) is 21.4. The van der Waals surface area contributed by atoms with Gasteiger partial charge in [-0.05, 0) is 37.3 Å². The van der Waals surface area contributed by atoms with Gasteiger partial charge >= 0.3 is 5.97 Å². The first kappa shape index (κ1) is 24.7. The molecular weight excluding hydrogens is 456 g/mol. The molecule has 1 aromatic rings. The molecule has 1 atom stereocenters. The number of hydrogen-bond acceptors (Lipinski definition) is 7. The van der Waals surface area contributed by atoms with Crippen molar-refractivity contribution in [1.82, 2.24) is 4.31 Å². The zero-order valence-electron chi connectivity index (χ0n) is 18.2. The molecule has 178 valence electrons. The van der Waals surface area contributed by atoms with Crippen LogP contribution in [0.1, 0.15) is 44.9 Å². The Hall–Kier alpha value is -1.98. The molecule has 1 heterocycles. The first-order valence-corrected chi connectivity index (χ1v) is 14.1. The highest BCUT2D eigenvalue weighted by Gasteiger charge is 2.32. The second-order valence-electron chi connectivity index (χ2n) is 8.49. The summed E-state index contributed by atoms with van der Waals surface area (Å²) in [5.74, 6) is -1.60. The predicted octanol–water partition coefficient (Wildman–Crippen LogP) is 1.95. The summed E-state index contributed by atoms with van der Waals surface area (Å²) < 4.78 is 55.7. The van der Waals surface area contributed by atoms with Crippen molar-refractivity contribution in [2.75, 3.05) is 30.5 Å². The maximum atomic E-state index is 13.2. The van der Waals surface area contributed by atoms with Gasteiger partial charge in [0.1, 0.15) is 4.90 Å². The summed E-state index contributed by atoms with van der Waals surface area (Å²) in [5, 5.41) is 2.52. The van der Waals surface area contributed by atoms with E-state index >= 15 is 0 Å². The van der Waals surface area contributed by atoms with Gasteiger partial charge in [0.15, 0.2) is 16.4 Å². The van der Waals surface area contributed by atoms with Crippen LogP contribution in [-0.4, -0.2) is 64.2 Å². The molecule has 9 nitrogen and oxygen atoms in total. The maximum Gasteiger partial charge on any atom is 0.306 e. The van der Waals surface area contributed by atoms with E-state index in [1.54, 1.807) is 19.2 Å². The molecule has 32 heavy (non-hydrogen) atoms. The van der Waals surface area contributed by atoms with Gasteiger partial charge in [0, 0.05) is 19.5 Å². The van der Waals surface area contributed by atoms with E-state index in [9.17, 15) is 26.4 Å². The number of nitrogens with zero attached hydrogens (tertiary/aromatic N) is 1. The number of anilines is 1. The van der Waals surface area contributed by atoms with E-state index in [0.29, 0.717) is 6.42 Å². The molecule has 1 aromatic carbocycles. The minimum absolute atomic E-state index is 0.0103. The average molecular weight is 487 g/mol. The van der Waals surface area contributed by atoms with Crippen LogP contribution in [0.4, 0.5) is 5.69 Å². The molecule has 0 bridgehead atoms. The largest absolute Gasteiger partial charge is 0.456 e. The third kappa shape index (κ3) is 6.29. The van der Waals surface area contributed by atoms with Gasteiger partial charge in [0.05, 0.1) is 17.2 Å². The molecule has 1 N–H and O–H groups in total. The van der Waals surface area contributed by atoms with Crippen molar-refractivity contribution in [1.29, 1.82) is 0 Å². The Morgan fingerprint density at radius 1 is 1.12 bits per heavy atom. The first-order chi connectivity index (χ1) is 15.1. The fourth-order valence-corrected chi connectivity index (χ4v) is 7.67. The quantitative estimate of drug-likeness (QED) is 0.556. The van der Waals surface area contributed by atoms with E-state index in [1.165, 1.54) is 16.4 Å². The Morgan fingerprint density at radius 3 is 2.47 bits per heavy atom. The molecule has 0 spiro atoms. The monoisotopic (exact) mass is 486 g/mol. The van der Waals surface area contributed by atoms with Crippen LogP contribution < -0.4 is 5.32 Å². The Bertz CT molecular complexity index is 1050. The zero-order valence-corrected chi connectivity index (χ0v) is 19.8. The predicted molar refractivity (Wildman–Crippen MR) is 119 cm³/mol. The van der Waals surface area contributed by atoms with Gasteiger partial charge in [0.2, 0.25) is 10.0 Å². The molecule has 1 amide bonds. The first-order valence-electron chi connectivity index (χ1n) is 10.8. The van der Waals surface area contributed by atoms with Crippen molar-refractivity contribution >= 4 is 37.4 Å². The van der Waals surface area contributed by atoms with Gasteiger partial charge in [0.25, 0.3) is 5.91 Å². The third-order valence-electron chi connectivity index (χ3n) is 6.05. The molecule has 1 saturated carbocycles. The van der Waals surface area contributed by atoms with Gasteiger partial charge in [-0.1, -0.05) is 31.4 Å². The van der Waals surface area contributed by atoms with Crippen molar-refractivity contribution in [2.24, 2.45) is 5.92 Å². The van der Waals surface area contributed by atoms with Crippen LogP contribution in [0.3, 0.4) is 0 Å². The summed E-state index contributed by atoms with van der Waals surface area (Å²) in [6.45, 7) is -0.578. The van der Waals surface area contributed by atoms with E-state index in [2.05, 4.69) is 5.32 Å². The average Bonchev–Trinajstić information content (AvgIpc) is 3.10. The minimum atomic E-state index is -3.82. The van der Waals surface area contributed by atoms with E-state index in [4.69, 9.17) is 4.74 Å². The van der Waals surface area contributed by atoms with Crippen molar-refractivity contribution in [3.8, 4) is 0 Å². The molecule has 1 aliphatic carbocycles. The number of sulfone groups is 1. The Kier molecular flexibility index (Phi) is 7.94. The van der Waals surface area contributed by atoms with E-state index in [-0.39, 0.29) is 40.5 Å². The molecule has 11 heteroatoms. The number of carbonyl (C=O) groups excluding carboxylic acids is 2. The zero-order chi connectivity index (χ0) is 23.4. The van der Waals surface area contributed by atoms with Crippen LogP contribution >= 0.6 is 0 Å². The summed E-state index contributed by atoms with van der Waals surface area (Å²) in [4.78, 5) is 24.3. The fraction of sp³-hybridized carbons (Fsp3) is 0.619. The summed E-state index contributed by atoms with van der Waals surface area (Å²) in [6.07, 6.45) is 5.03. The standard InChI is InChI=1S/C21H30N2O7S2/c1-23(17-7-3-2-4-8-17)32(28,29)19-10-6-5-9-18(19)22-20(24)14-30-21(25)13-16-11-12-31(26,27)15-16/h5-6,9-10,16-17H,2-4,7-8,11-15H2,1H3,(H,22,24). The molecule has 1 saturated heterocycles. The van der Waals surface area contributed by atoms with Crippen LogP contribution in [0, 0.1) is 5.92 Å². The highest BCUT2D eigenvalue weighted by Crippen LogP contribution is 2.29. The lowest BCUT2D eigenvalue weighted by atomic mass is 9.96. The summed E-state index contributed by atoms with van der Waals surface area (Å²) >= 11 is 0. The molecule has 1 aliphatic heterocycles. The van der Waals surface area contributed by atoms with Crippen molar-refractivity contribution in [2.45, 2.75) is 55.9 Å². The van der Waals surface area contributed by atoms with E-state index in [0.717, 1.165) is 32.1 Å². The number of benzene rings is 1. The van der Waals surface area contributed by atoms with E-state index in [1.807, 2.05) is 0 Å². The Labute approximate surface area is 189 Å². The molecule has 3 rings (SSSR count). The fourth-order valence-electron chi connectivity index (χ4n) is 4.25. The highest BCUT2D eigenvalue weighted by molar-refractivity contribution is 7.91. The van der Waals surface area contributed by atoms with E-state index < -0.39 is 38.3 Å². The smallest absolute Gasteiger partial charge is 0.306 e. The Balaban J connectivity index is 1.59. The second kappa shape index (κ2) is 10.3. The minimum Gasteiger partial charge on any atom is -0.456 e. The molecule has 1 unspecified atom stereocenters. The molecule has 0 radical (unpaired) electrons. The van der Waals surface area contributed by atoms with Crippen molar-refractivity contribution < 1.29 is 31.2 Å². The van der Waals surface area contributed by atoms with Crippen LogP contribution in [-0.2, 0) is 34.2 Å². The lowest BCUT2D eigenvalue weighted by molar-refractivity contribution is -0.148. The molecule has 2 aliphatic rings. The Morgan fingerprint density at radius 2 is 1.81 bits per heavy atom. The van der Waals surface area contributed by atoms with Crippen LogP contribution in [0.25, 0.3) is 0 Å². The topological polar surface area (TPSA) is 127 Å². The number of ether oxygens (including phenoxy) is 1. The summed E-state index contributed by atoms with van der Waals surface area (Å²) in [5.41, 5.74) is 0.123. The van der Waals surface area contributed by atoms with Crippen LogP contribution in [0.5, 0.6) is 0 Å². The third-order valence-corrected chi connectivity index (χ3v) is 9.86. The number of sulfonamides is 1. The lowest BCUT2D eigenvalue weighted by Gasteiger charge is -2.30. The molecule has 0 aromatic heterocycles. The lowest BCUT2D eigenvalue weighted by Crippen LogP contribution is -2.38. The van der Waals surface area contributed by atoms with Crippen LogP contribution in [0.15, 0.2) is 29.2 Å². The number of nitrogens with one attached hydrogen (secondary N) is 1. The van der Waals surface area contributed by atoms with Gasteiger partial charge in [-0.25, -0.2) is 16.8 Å². The van der Waals surface area contributed by atoms with Crippen molar-refractivity contribution in [3.63, 3.8) is 0 Å². The number of rotatable bonds is 8. The molecule has 2 fully saturated rings. The molecular formula is C21H30N2O7S2. The highest BCUT2D eigenvalue weighted by atomic mass is 32.2. The number of esters is 1. The summed E-state index contributed by atoms with van der Waals surface area (Å²) in [7, 11) is -5.35. The number of hydrogen-bond donors (Lipinski definition) is 1. The summed E-state index contributed by atoms with van der Waals surface area (Å²) in [6, 6.07) is 6.06. The number of para-hydroxylation sites is 1. The van der Waals surface area contributed by atoms with Gasteiger partial charge < -0.3 is 10.1 Å².